The first-order valence-electron chi connectivity index (χ1n) is 8.51. The lowest BCUT2D eigenvalue weighted by molar-refractivity contribution is -0.0647. The summed E-state index contributed by atoms with van der Waals surface area (Å²) in [6.07, 6.45) is 6.55. The maximum Gasteiger partial charge on any atom is 0.0730 e. The summed E-state index contributed by atoms with van der Waals surface area (Å²) in [7, 11) is 0. The van der Waals surface area contributed by atoms with Gasteiger partial charge in [-0.15, -0.1) is 0 Å². The highest BCUT2D eigenvalue weighted by molar-refractivity contribution is 9.10. The highest BCUT2D eigenvalue weighted by Gasteiger charge is 2.31. The zero-order valence-electron chi connectivity index (χ0n) is 13.2. The summed E-state index contributed by atoms with van der Waals surface area (Å²) in [4.78, 5) is 2.59. The van der Waals surface area contributed by atoms with Crippen LogP contribution in [0.2, 0.25) is 0 Å². The minimum absolute atomic E-state index is 0.405. The quantitative estimate of drug-likeness (QED) is 0.792. The maximum absolute atomic E-state index is 6.29. The maximum atomic E-state index is 6.29. The number of nitrogens with zero attached hydrogens (tertiary/aromatic N) is 1. The lowest BCUT2D eigenvalue weighted by atomic mass is 9.91. The number of ether oxygens (including phenoxy) is 2. The lowest BCUT2D eigenvalue weighted by Gasteiger charge is -2.41. The SMILES string of the molecule is Brc1ccc(CCO[C@@H]2CCCC[C@H]2N2CCOCC2)cc1. The van der Waals surface area contributed by atoms with Gasteiger partial charge in [0, 0.05) is 23.6 Å². The van der Waals surface area contributed by atoms with Gasteiger partial charge < -0.3 is 9.47 Å². The van der Waals surface area contributed by atoms with Crippen LogP contribution in [0, 0.1) is 0 Å². The molecular weight excluding hydrogens is 342 g/mol. The van der Waals surface area contributed by atoms with Crippen molar-refractivity contribution < 1.29 is 9.47 Å². The van der Waals surface area contributed by atoms with E-state index >= 15 is 0 Å². The standard InChI is InChI=1S/C18H26BrNO2/c19-16-7-5-15(6-8-16)9-12-22-18-4-2-1-3-17(18)20-10-13-21-14-11-20/h5-8,17-18H,1-4,9-14H2/t17-,18-/m1/s1. The molecule has 0 aromatic heterocycles. The Bertz CT molecular complexity index is 445. The minimum atomic E-state index is 0.405. The van der Waals surface area contributed by atoms with Crippen molar-refractivity contribution in [3.05, 3.63) is 34.3 Å². The van der Waals surface area contributed by atoms with Gasteiger partial charge in [-0.3, -0.25) is 4.90 Å². The van der Waals surface area contributed by atoms with Crippen molar-refractivity contribution >= 4 is 15.9 Å². The first kappa shape index (κ1) is 16.4. The van der Waals surface area contributed by atoms with Crippen molar-refractivity contribution in [1.29, 1.82) is 0 Å². The van der Waals surface area contributed by atoms with E-state index in [2.05, 4.69) is 45.1 Å². The summed E-state index contributed by atoms with van der Waals surface area (Å²) < 4.78 is 12.9. The van der Waals surface area contributed by atoms with E-state index in [0.29, 0.717) is 12.1 Å². The van der Waals surface area contributed by atoms with Gasteiger partial charge in [0.2, 0.25) is 0 Å². The monoisotopic (exact) mass is 367 g/mol. The first-order valence-corrected chi connectivity index (χ1v) is 9.30. The molecule has 2 aliphatic rings. The van der Waals surface area contributed by atoms with Gasteiger partial charge in [0.1, 0.15) is 0 Å². The summed E-state index contributed by atoms with van der Waals surface area (Å²) in [5, 5.41) is 0. The van der Waals surface area contributed by atoms with Gasteiger partial charge in [-0.2, -0.15) is 0 Å². The molecule has 0 amide bonds. The number of halogens is 1. The van der Waals surface area contributed by atoms with Crippen LogP contribution < -0.4 is 0 Å². The fourth-order valence-electron chi connectivity index (χ4n) is 3.58. The van der Waals surface area contributed by atoms with E-state index in [9.17, 15) is 0 Å². The first-order chi connectivity index (χ1) is 10.8. The number of morpholine rings is 1. The molecule has 0 unspecified atom stereocenters. The number of hydrogen-bond acceptors (Lipinski definition) is 3. The van der Waals surface area contributed by atoms with E-state index in [1.807, 2.05) is 0 Å². The minimum Gasteiger partial charge on any atom is -0.379 e. The van der Waals surface area contributed by atoms with Crippen LogP contribution in [0.3, 0.4) is 0 Å². The van der Waals surface area contributed by atoms with Gasteiger partial charge in [-0.1, -0.05) is 40.9 Å². The van der Waals surface area contributed by atoms with Gasteiger partial charge in [0.05, 0.1) is 25.9 Å². The zero-order valence-corrected chi connectivity index (χ0v) is 14.8. The number of hydrogen-bond donors (Lipinski definition) is 0. The second-order valence-electron chi connectivity index (χ2n) is 6.29. The molecule has 0 spiro atoms. The predicted octanol–water partition coefficient (Wildman–Crippen LogP) is 3.65. The summed E-state index contributed by atoms with van der Waals surface area (Å²) >= 11 is 3.48. The van der Waals surface area contributed by atoms with Crippen LogP contribution in [0.5, 0.6) is 0 Å². The normalized spacial score (nSPS) is 27.0. The largest absolute Gasteiger partial charge is 0.379 e. The topological polar surface area (TPSA) is 21.7 Å². The van der Waals surface area contributed by atoms with E-state index in [1.54, 1.807) is 0 Å². The van der Waals surface area contributed by atoms with Crippen molar-refractivity contribution in [2.75, 3.05) is 32.9 Å². The van der Waals surface area contributed by atoms with Gasteiger partial charge in [0.15, 0.2) is 0 Å². The summed E-state index contributed by atoms with van der Waals surface area (Å²) in [6, 6.07) is 9.16. The Kier molecular flexibility index (Phi) is 6.30. The van der Waals surface area contributed by atoms with E-state index in [4.69, 9.17) is 9.47 Å². The molecule has 3 rings (SSSR count). The third kappa shape index (κ3) is 4.54. The third-order valence-corrected chi connectivity index (χ3v) is 5.35. The van der Waals surface area contributed by atoms with Crippen LogP contribution in [-0.2, 0) is 15.9 Å². The highest BCUT2D eigenvalue weighted by Crippen LogP contribution is 2.26. The summed E-state index contributed by atoms with van der Waals surface area (Å²) in [5.74, 6) is 0. The van der Waals surface area contributed by atoms with Crippen LogP contribution in [-0.4, -0.2) is 50.0 Å². The molecule has 122 valence electrons. The van der Waals surface area contributed by atoms with Crippen molar-refractivity contribution in [3.8, 4) is 0 Å². The molecule has 2 atom stereocenters. The van der Waals surface area contributed by atoms with Crippen molar-refractivity contribution in [3.63, 3.8) is 0 Å². The molecule has 0 bridgehead atoms. The Hall–Kier alpha value is -0.420. The van der Waals surface area contributed by atoms with E-state index in [-0.39, 0.29) is 0 Å². The van der Waals surface area contributed by atoms with Crippen molar-refractivity contribution in [2.24, 2.45) is 0 Å². The van der Waals surface area contributed by atoms with Gasteiger partial charge in [0.25, 0.3) is 0 Å². The van der Waals surface area contributed by atoms with Gasteiger partial charge in [-0.25, -0.2) is 0 Å². The summed E-state index contributed by atoms with van der Waals surface area (Å²) in [6.45, 7) is 4.71. The van der Waals surface area contributed by atoms with Crippen LogP contribution in [0.4, 0.5) is 0 Å². The Morgan fingerprint density at radius 2 is 1.82 bits per heavy atom. The van der Waals surface area contributed by atoms with E-state index in [1.165, 1.54) is 31.2 Å². The second kappa shape index (κ2) is 8.44. The van der Waals surface area contributed by atoms with Crippen LogP contribution in [0.25, 0.3) is 0 Å². The molecule has 2 fully saturated rings. The molecule has 1 saturated heterocycles. The molecule has 1 aromatic carbocycles. The number of rotatable bonds is 5. The van der Waals surface area contributed by atoms with Crippen LogP contribution in [0.15, 0.2) is 28.7 Å². The van der Waals surface area contributed by atoms with Crippen LogP contribution >= 0.6 is 15.9 Å². The molecule has 1 aliphatic carbocycles. The van der Waals surface area contributed by atoms with Gasteiger partial charge in [-0.05, 0) is 37.0 Å². The lowest BCUT2D eigenvalue weighted by Crippen LogP contribution is -2.51. The Morgan fingerprint density at radius 3 is 2.59 bits per heavy atom. The molecule has 1 heterocycles. The third-order valence-electron chi connectivity index (χ3n) is 4.82. The van der Waals surface area contributed by atoms with Crippen molar-refractivity contribution in [2.45, 2.75) is 44.2 Å². The van der Waals surface area contributed by atoms with Crippen LogP contribution in [0.1, 0.15) is 31.2 Å². The molecule has 0 N–H and O–H groups in total. The Balaban J connectivity index is 1.49. The average Bonchev–Trinajstić information content (AvgIpc) is 2.58. The smallest absolute Gasteiger partial charge is 0.0730 e. The molecule has 0 radical (unpaired) electrons. The molecule has 4 heteroatoms. The molecule has 22 heavy (non-hydrogen) atoms. The van der Waals surface area contributed by atoms with E-state index in [0.717, 1.165) is 43.8 Å². The summed E-state index contributed by atoms with van der Waals surface area (Å²) in [5.41, 5.74) is 1.35. The molecular formula is C18H26BrNO2. The fourth-order valence-corrected chi connectivity index (χ4v) is 3.84. The predicted molar refractivity (Wildman–Crippen MR) is 92.2 cm³/mol. The molecule has 1 aliphatic heterocycles. The fraction of sp³-hybridized carbons (Fsp3) is 0.667. The Morgan fingerprint density at radius 1 is 1.09 bits per heavy atom. The molecule has 1 saturated carbocycles. The Labute approximate surface area is 142 Å². The van der Waals surface area contributed by atoms with Gasteiger partial charge >= 0.3 is 0 Å². The molecule has 3 nitrogen and oxygen atoms in total. The highest BCUT2D eigenvalue weighted by atomic mass is 79.9. The number of benzene rings is 1. The average molecular weight is 368 g/mol. The van der Waals surface area contributed by atoms with Crippen molar-refractivity contribution in [1.82, 2.24) is 4.90 Å². The second-order valence-corrected chi connectivity index (χ2v) is 7.20. The zero-order chi connectivity index (χ0) is 15.2. The molecule has 1 aromatic rings. The van der Waals surface area contributed by atoms with E-state index < -0.39 is 0 Å².